The minimum absolute atomic E-state index is 0.00614. The molecule has 0 bridgehead atoms. The van der Waals surface area contributed by atoms with Gasteiger partial charge in [0.1, 0.15) is 11.4 Å². The lowest BCUT2D eigenvalue weighted by Gasteiger charge is -2.23. The fourth-order valence-electron chi connectivity index (χ4n) is 4.15. The minimum atomic E-state index is -1.10. The molecule has 1 atom stereocenters. The van der Waals surface area contributed by atoms with E-state index in [4.69, 9.17) is 0 Å². The molecule has 162 valence electrons. The van der Waals surface area contributed by atoms with Crippen LogP contribution in [0.25, 0.3) is 0 Å². The number of halogens is 1. The number of nitrogens with zero attached hydrogens (tertiary/aromatic N) is 2. The third-order valence-corrected chi connectivity index (χ3v) is 6.05. The van der Waals surface area contributed by atoms with Crippen molar-refractivity contribution in [2.75, 3.05) is 13.1 Å². The molecule has 2 aliphatic heterocycles. The zero-order valence-electron chi connectivity index (χ0n) is 17.9. The van der Waals surface area contributed by atoms with Crippen molar-refractivity contribution in [3.8, 4) is 0 Å². The molecule has 4 amide bonds. The van der Waals surface area contributed by atoms with Crippen LogP contribution in [0.5, 0.6) is 0 Å². The molecule has 2 heterocycles. The van der Waals surface area contributed by atoms with Crippen LogP contribution in [-0.2, 0) is 16.8 Å². The summed E-state index contributed by atoms with van der Waals surface area (Å²) in [5, 5.41) is 2.80. The van der Waals surface area contributed by atoms with Crippen molar-refractivity contribution in [2.24, 2.45) is 0 Å². The molecular weight excluding hydrogens is 397 g/mol. The molecule has 1 spiro atoms. The molecule has 6 nitrogen and oxygen atoms in total. The number of carbonyl (C=O) groups is 3. The molecule has 7 heteroatoms. The summed E-state index contributed by atoms with van der Waals surface area (Å²) in [6.45, 7) is 6.92. The van der Waals surface area contributed by atoms with Crippen LogP contribution in [0.3, 0.4) is 0 Å². The first-order chi connectivity index (χ1) is 14.6. The Bertz CT molecular complexity index is 1030. The Hall–Kier alpha value is -3.22. The first-order valence-electron chi connectivity index (χ1n) is 10.4. The molecule has 1 N–H and O–H groups in total. The lowest BCUT2D eigenvalue weighted by atomic mass is 9.86. The molecule has 2 aromatic carbocycles. The van der Waals surface area contributed by atoms with Gasteiger partial charge in [-0.3, -0.25) is 14.5 Å². The van der Waals surface area contributed by atoms with E-state index < -0.39 is 11.6 Å². The highest BCUT2D eigenvalue weighted by Crippen LogP contribution is 2.31. The van der Waals surface area contributed by atoms with Crippen LogP contribution in [0.15, 0.2) is 48.5 Å². The van der Waals surface area contributed by atoms with E-state index in [-0.39, 0.29) is 36.1 Å². The summed E-state index contributed by atoms with van der Waals surface area (Å²) in [4.78, 5) is 41.4. The van der Waals surface area contributed by atoms with E-state index in [2.05, 4.69) is 26.1 Å². The summed E-state index contributed by atoms with van der Waals surface area (Å²) in [5.41, 5.74) is 1.25. The van der Waals surface area contributed by atoms with Crippen molar-refractivity contribution < 1.29 is 18.8 Å². The third-order valence-electron chi connectivity index (χ3n) is 6.05. The van der Waals surface area contributed by atoms with E-state index >= 15 is 0 Å². The van der Waals surface area contributed by atoms with Crippen molar-refractivity contribution in [3.63, 3.8) is 0 Å². The Morgan fingerprint density at radius 3 is 2.32 bits per heavy atom. The lowest BCUT2D eigenvalue weighted by Crippen LogP contribution is -2.49. The maximum Gasteiger partial charge on any atom is 0.325 e. The summed E-state index contributed by atoms with van der Waals surface area (Å²) in [5.74, 6) is -0.880. The Morgan fingerprint density at radius 2 is 1.71 bits per heavy atom. The van der Waals surface area contributed by atoms with E-state index in [9.17, 15) is 18.8 Å². The van der Waals surface area contributed by atoms with Crippen molar-refractivity contribution in [1.29, 1.82) is 0 Å². The summed E-state index contributed by atoms with van der Waals surface area (Å²) in [6.07, 6.45) is 0.364. The Labute approximate surface area is 181 Å². The largest absolute Gasteiger partial charge is 0.336 e. The van der Waals surface area contributed by atoms with Gasteiger partial charge in [0.2, 0.25) is 0 Å². The van der Waals surface area contributed by atoms with Crippen LogP contribution in [0.2, 0.25) is 0 Å². The fourth-order valence-corrected chi connectivity index (χ4v) is 4.15. The average molecular weight is 423 g/mol. The molecular formula is C24H26FN3O3. The first-order valence-corrected chi connectivity index (χ1v) is 10.4. The second-order valence-corrected chi connectivity index (χ2v) is 9.33. The van der Waals surface area contributed by atoms with E-state index in [1.165, 1.54) is 12.1 Å². The van der Waals surface area contributed by atoms with Crippen LogP contribution < -0.4 is 5.32 Å². The third kappa shape index (κ3) is 3.92. The maximum absolute atomic E-state index is 13.1. The molecule has 0 aromatic heterocycles. The van der Waals surface area contributed by atoms with Gasteiger partial charge in [0.25, 0.3) is 11.8 Å². The number of rotatable bonds is 3. The predicted molar refractivity (Wildman–Crippen MR) is 114 cm³/mol. The zero-order chi connectivity index (χ0) is 22.4. The van der Waals surface area contributed by atoms with Crippen molar-refractivity contribution >= 4 is 17.8 Å². The Morgan fingerprint density at radius 1 is 1.06 bits per heavy atom. The number of carbonyl (C=O) groups excluding carboxylic acids is 3. The molecule has 31 heavy (non-hydrogen) atoms. The van der Waals surface area contributed by atoms with Crippen molar-refractivity contribution in [2.45, 2.75) is 44.7 Å². The summed E-state index contributed by atoms with van der Waals surface area (Å²) in [7, 11) is 0. The molecule has 2 aromatic rings. The Kier molecular flexibility index (Phi) is 5.07. The summed E-state index contributed by atoms with van der Waals surface area (Å²) in [6, 6.07) is 12.7. The van der Waals surface area contributed by atoms with Crippen molar-refractivity contribution in [3.05, 3.63) is 71.0 Å². The summed E-state index contributed by atoms with van der Waals surface area (Å²) >= 11 is 0. The molecule has 0 aliphatic carbocycles. The molecule has 4 rings (SSSR count). The van der Waals surface area contributed by atoms with Gasteiger partial charge in [0.05, 0.1) is 13.1 Å². The monoisotopic (exact) mass is 423 g/mol. The van der Waals surface area contributed by atoms with Gasteiger partial charge in [-0.15, -0.1) is 0 Å². The number of nitrogens with one attached hydrogen (secondary N) is 1. The van der Waals surface area contributed by atoms with Gasteiger partial charge in [-0.1, -0.05) is 45.0 Å². The zero-order valence-corrected chi connectivity index (χ0v) is 17.9. The van der Waals surface area contributed by atoms with Crippen molar-refractivity contribution in [1.82, 2.24) is 15.1 Å². The average Bonchev–Trinajstić information content (AvgIpc) is 3.25. The molecule has 2 fully saturated rings. The predicted octanol–water partition coefficient (Wildman–Crippen LogP) is 3.46. The quantitative estimate of drug-likeness (QED) is 0.769. The van der Waals surface area contributed by atoms with Crippen LogP contribution in [0.1, 0.15) is 48.7 Å². The SMILES string of the molecule is CC(C)(C)c1ccc(C(=O)N2CC[C@@]3(C2)NC(=O)N(Cc2ccc(F)cc2)C3=O)cc1. The van der Waals surface area contributed by atoms with Gasteiger partial charge in [-0.05, 0) is 47.2 Å². The number of amides is 4. The molecule has 0 radical (unpaired) electrons. The number of likely N-dealkylation sites (tertiary alicyclic amines) is 1. The number of benzene rings is 2. The number of urea groups is 1. The van der Waals surface area contributed by atoms with Gasteiger partial charge in [-0.2, -0.15) is 0 Å². The highest BCUT2D eigenvalue weighted by atomic mass is 19.1. The van der Waals surface area contributed by atoms with E-state index in [0.29, 0.717) is 24.1 Å². The van der Waals surface area contributed by atoms with E-state index in [0.717, 1.165) is 10.5 Å². The summed E-state index contributed by atoms with van der Waals surface area (Å²) < 4.78 is 13.1. The van der Waals surface area contributed by atoms with E-state index in [1.807, 2.05) is 24.3 Å². The van der Waals surface area contributed by atoms with Gasteiger partial charge in [0.15, 0.2) is 0 Å². The first kappa shape index (κ1) is 21.0. The van der Waals surface area contributed by atoms with Gasteiger partial charge in [0, 0.05) is 12.1 Å². The number of hydrogen-bond donors (Lipinski definition) is 1. The highest BCUT2D eigenvalue weighted by molar-refractivity contribution is 6.08. The smallest absolute Gasteiger partial charge is 0.325 e. The standard InChI is InChI=1S/C24H26FN3O3/c1-23(2,3)18-8-6-17(7-9-18)20(29)27-13-12-24(15-27)21(30)28(22(31)26-24)14-16-4-10-19(25)11-5-16/h4-11H,12-15H2,1-3H3,(H,26,31)/t24-/m0/s1. The van der Waals surface area contributed by atoms with Crippen LogP contribution in [-0.4, -0.2) is 46.3 Å². The second-order valence-electron chi connectivity index (χ2n) is 9.33. The molecule has 2 aliphatic rings. The highest BCUT2D eigenvalue weighted by Gasteiger charge is 2.55. The molecule has 0 unspecified atom stereocenters. The molecule has 0 saturated carbocycles. The Balaban J connectivity index is 1.47. The maximum atomic E-state index is 13.1. The second kappa shape index (κ2) is 7.48. The van der Waals surface area contributed by atoms with E-state index in [1.54, 1.807) is 17.0 Å². The van der Waals surface area contributed by atoms with Gasteiger partial charge in [-0.25, -0.2) is 9.18 Å². The molecule has 2 saturated heterocycles. The minimum Gasteiger partial charge on any atom is -0.336 e. The van der Waals surface area contributed by atoms with Crippen LogP contribution in [0.4, 0.5) is 9.18 Å². The normalized spacial score (nSPS) is 21.2. The fraction of sp³-hybridized carbons (Fsp3) is 0.375. The van der Waals surface area contributed by atoms with Crippen LogP contribution >= 0.6 is 0 Å². The van der Waals surface area contributed by atoms with Gasteiger partial charge >= 0.3 is 6.03 Å². The van der Waals surface area contributed by atoms with Gasteiger partial charge < -0.3 is 10.2 Å². The topological polar surface area (TPSA) is 69.7 Å². The van der Waals surface area contributed by atoms with Crippen LogP contribution in [0, 0.1) is 5.82 Å². The lowest BCUT2D eigenvalue weighted by molar-refractivity contribution is -0.131. The number of imide groups is 1. The number of hydrogen-bond acceptors (Lipinski definition) is 3.